The summed E-state index contributed by atoms with van der Waals surface area (Å²) >= 11 is 0. The molecule has 0 aliphatic heterocycles. The lowest BCUT2D eigenvalue weighted by Crippen LogP contribution is -2.18. The minimum Gasteiger partial charge on any atom is -0.396 e. The van der Waals surface area contributed by atoms with Crippen molar-refractivity contribution in [2.75, 3.05) is 6.61 Å². The highest BCUT2D eigenvalue weighted by Gasteiger charge is 2.07. The first kappa shape index (κ1) is 11.9. The highest BCUT2D eigenvalue weighted by molar-refractivity contribution is 4.49. The third-order valence-electron chi connectivity index (χ3n) is 1.82. The maximum Gasteiger partial charge on any atom is 0.154 e. The molecule has 0 rings (SSSR count). The Morgan fingerprint density at radius 1 is 1.33 bits per heavy atom. The van der Waals surface area contributed by atoms with Gasteiger partial charge in [-0.3, -0.25) is 0 Å². The monoisotopic (exact) mass is 176 g/mol. The van der Waals surface area contributed by atoms with Crippen LogP contribution in [-0.4, -0.2) is 29.2 Å². The molecule has 74 valence electrons. The first-order valence-electron chi connectivity index (χ1n) is 4.65. The maximum absolute atomic E-state index is 9.27. The SMILES string of the molecule is CCC(C)OC(O)CCCCO. The van der Waals surface area contributed by atoms with Crippen molar-refractivity contribution in [1.29, 1.82) is 0 Å². The molecule has 2 atom stereocenters. The van der Waals surface area contributed by atoms with E-state index in [0.717, 1.165) is 19.3 Å². The molecule has 0 aliphatic carbocycles. The van der Waals surface area contributed by atoms with Gasteiger partial charge >= 0.3 is 0 Å². The maximum atomic E-state index is 9.27. The Hall–Kier alpha value is -0.120. The molecule has 2 N–H and O–H groups in total. The highest BCUT2D eigenvalue weighted by Crippen LogP contribution is 2.06. The molecule has 0 bridgehead atoms. The van der Waals surface area contributed by atoms with E-state index in [-0.39, 0.29) is 12.7 Å². The molecule has 0 saturated heterocycles. The van der Waals surface area contributed by atoms with Crippen molar-refractivity contribution in [3.63, 3.8) is 0 Å². The molecule has 0 aromatic rings. The van der Waals surface area contributed by atoms with Crippen LogP contribution in [0.2, 0.25) is 0 Å². The molecule has 0 aromatic carbocycles. The van der Waals surface area contributed by atoms with Gasteiger partial charge in [-0.05, 0) is 32.6 Å². The van der Waals surface area contributed by atoms with Gasteiger partial charge in [0.2, 0.25) is 0 Å². The first-order chi connectivity index (χ1) is 5.70. The first-order valence-corrected chi connectivity index (χ1v) is 4.65. The topological polar surface area (TPSA) is 49.7 Å². The van der Waals surface area contributed by atoms with Crippen LogP contribution in [0.5, 0.6) is 0 Å². The summed E-state index contributed by atoms with van der Waals surface area (Å²) in [6.07, 6.45) is 2.54. The predicted molar refractivity (Wildman–Crippen MR) is 47.8 cm³/mol. The van der Waals surface area contributed by atoms with Gasteiger partial charge in [0.05, 0.1) is 6.10 Å². The van der Waals surface area contributed by atoms with Crippen LogP contribution in [0.1, 0.15) is 39.5 Å². The average Bonchev–Trinajstić information content (AvgIpc) is 2.05. The second-order valence-electron chi connectivity index (χ2n) is 3.03. The van der Waals surface area contributed by atoms with Gasteiger partial charge in [0, 0.05) is 6.61 Å². The van der Waals surface area contributed by atoms with E-state index < -0.39 is 6.29 Å². The van der Waals surface area contributed by atoms with Gasteiger partial charge in [0.25, 0.3) is 0 Å². The van der Waals surface area contributed by atoms with Crippen LogP contribution in [-0.2, 0) is 4.74 Å². The lowest BCUT2D eigenvalue weighted by atomic mass is 10.2. The van der Waals surface area contributed by atoms with Crippen molar-refractivity contribution in [2.24, 2.45) is 0 Å². The minimum absolute atomic E-state index is 0.120. The Labute approximate surface area is 74.4 Å². The highest BCUT2D eigenvalue weighted by atomic mass is 16.6. The number of hydrogen-bond donors (Lipinski definition) is 2. The van der Waals surface area contributed by atoms with E-state index in [0.29, 0.717) is 6.42 Å². The Morgan fingerprint density at radius 2 is 2.00 bits per heavy atom. The van der Waals surface area contributed by atoms with Crippen LogP contribution < -0.4 is 0 Å². The predicted octanol–water partition coefficient (Wildman–Crippen LogP) is 1.28. The molecule has 3 heteroatoms. The smallest absolute Gasteiger partial charge is 0.154 e. The number of ether oxygens (including phenoxy) is 1. The summed E-state index contributed by atoms with van der Waals surface area (Å²) < 4.78 is 5.22. The normalized spacial score (nSPS) is 16.0. The molecule has 0 radical (unpaired) electrons. The summed E-state index contributed by atoms with van der Waals surface area (Å²) in [4.78, 5) is 0. The zero-order valence-electron chi connectivity index (χ0n) is 7.99. The van der Waals surface area contributed by atoms with Gasteiger partial charge < -0.3 is 14.9 Å². The number of unbranched alkanes of at least 4 members (excludes halogenated alkanes) is 1. The largest absolute Gasteiger partial charge is 0.396 e. The standard InChI is InChI=1S/C9H20O3/c1-3-8(2)12-9(11)6-4-5-7-10/h8-11H,3-7H2,1-2H3. The van der Waals surface area contributed by atoms with Gasteiger partial charge in [-0.2, -0.15) is 0 Å². The molecule has 0 amide bonds. The zero-order valence-corrected chi connectivity index (χ0v) is 7.99. The second kappa shape index (κ2) is 7.53. The molecule has 0 heterocycles. The molecule has 0 saturated carbocycles. The molecule has 0 spiro atoms. The second-order valence-corrected chi connectivity index (χ2v) is 3.03. The van der Waals surface area contributed by atoms with Crippen molar-refractivity contribution < 1.29 is 14.9 Å². The fraction of sp³-hybridized carbons (Fsp3) is 1.00. The summed E-state index contributed by atoms with van der Waals surface area (Å²) in [5.74, 6) is 0. The van der Waals surface area contributed by atoms with E-state index in [1.165, 1.54) is 0 Å². The third kappa shape index (κ3) is 6.58. The van der Waals surface area contributed by atoms with Crippen LogP contribution in [0.4, 0.5) is 0 Å². The fourth-order valence-corrected chi connectivity index (χ4v) is 0.863. The van der Waals surface area contributed by atoms with E-state index in [2.05, 4.69) is 0 Å². The third-order valence-corrected chi connectivity index (χ3v) is 1.82. The van der Waals surface area contributed by atoms with Crippen LogP contribution >= 0.6 is 0 Å². The van der Waals surface area contributed by atoms with Crippen LogP contribution in [0.3, 0.4) is 0 Å². The lowest BCUT2D eigenvalue weighted by Gasteiger charge is -2.16. The Balaban J connectivity index is 3.26. The molecule has 3 nitrogen and oxygen atoms in total. The van der Waals surface area contributed by atoms with Crippen molar-refractivity contribution in [3.05, 3.63) is 0 Å². The van der Waals surface area contributed by atoms with Gasteiger partial charge in [0.1, 0.15) is 0 Å². The number of aliphatic hydroxyl groups excluding tert-OH is 2. The van der Waals surface area contributed by atoms with Crippen molar-refractivity contribution >= 4 is 0 Å². The molecular formula is C9H20O3. The van der Waals surface area contributed by atoms with Crippen molar-refractivity contribution in [2.45, 2.75) is 51.9 Å². The molecular weight excluding hydrogens is 156 g/mol. The number of aliphatic hydroxyl groups is 2. The molecule has 0 fully saturated rings. The van der Waals surface area contributed by atoms with Gasteiger partial charge in [-0.1, -0.05) is 6.92 Å². The van der Waals surface area contributed by atoms with Crippen molar-refractivity contribution in [1.82, 2.24) is 0 Å². The van der Waals surface area contributed by atoms with Crippen LogP contribution in [0, 0.1) is 0 Å². The van der Waals surface area contributed by atoms with E-state index in [1.54, 1.807) is 0 Å². The summed E-state index contributed by atoms with van der Waals surface area (Å²) in [6, 6.07) is 0. The van der Waals surface area contributed by atoms with Gasteiger partial charge in [-0.15, -0.1) is 0 Å². The molecule has 2 unspecified atom stereocenters. The van der Waals surface area contributed by atoms with E-state index in [9.17, 15) is 5.11 Å². The van der Waals surface area contributed by atoms with E-state index >= 15 is 0 Å². The zero-order chi connectivity index (χ0) is 9.40. The molecule has 0 aromatic heterocycles. The Kier molecular flexibility index (Phi) is 7.45. The summed E-state index contributed by atoms with van der Waals surface area (Å²) in [6.45, 7) is 4.15. The molecule has 0 aliphatic rings. The van der Waals surface area contributed by atoms with Gasteiger partial charge in [-0.25, -0.2) is 0 Å². The summed E-state index contributed by atoms with van der Waals surface area (Å²) in [7, 11) is 0. The number of hydrogen-bond acceptors (Lipinski definition) is 3. The van der Waals surface area contributed by atoms with Crippen LogP contribution in [0.25, 0.3) is 0 Å². The van der Waals surface area contributed by atoms with Gasteiger partial charge in [0.15, 0.2) is 6.29 Å². The minimum atomic E-state index is -0.661. The average molecular weight is 176 g/mol. The Bertz CT molecular complexity index is 95.8. The summed E-state index contributed by atoms with van der Waals surface area (Å²) in [5.41, 5.74) is 0. The number of rotatable bonds is 7. The fourth-order valence-electron chi connectivity index (χ4n) is 0.863. The quantitative estimate of drug-likeness (QED) is 0.454. The van der Waals surface area contributed by atoms with E-state index in [1.807, 2.05) is 13.8 Å². The summed E-state index contributed by atoms with van der Waals surface area (Å²) in [5, 5.41) is 17.8. The van der Waals surface area contributed by atoms with E-state index in [4.69, 9.17) is 9.84 Å². The van der Waals surface area contributed by atoms with Crippen molar-refractivity contribution in [3.8, 4) is 0 Å². The molecule has 12 heavy (non-hydrogen) atoms. The van der Waals surface area contributed by atoms with Crippen LogP contribution in [0.15, 0.2) is 0 Å². The lowest BCUT2D eigenvalue weighted by molar-refractivity contribution is -0.135. The Morgan fingerprint density at radius 3 is 2.50 bits per heavy atom.